The first-order valence-corrected chi connectivity index (χ1v) is 13.6. The lowest BCUT2D eigenvalue weighted by molar-refractivity contribution is 0.298. The molecule has 1 unspecified atom stereocenters. The fourth-order valence-corrected chi connectivity index (χ4v) is 3.83. The maximum Gasteiger partial charge on any atom is 0.191 e. The lowest BCUT2D eigenvalue weighted by atomic mass is 10.1. The predicted octanol–water partition coefficient (Wildman–Crippen LogP) is 5.37. The Balaban J connectivity index is 3.22. The van der Waals surface area contributed by atoms with Gasteiger partial charge in [0.1, 0.15) is 22.5 Å². The van der Waals surface area contributed by atoms with Crippen molar-refractivity contribution in [1.29, 1.82) is 0 Å². The van der Waals surface area contributed by atoms with E-state index in [0.717, 1.165) is 11.3 Å². The number of hydrogen-bond acceptors (Lipinski definition) is 4. The molecule has 0 fully saturated rings. The third-order valence-electron chi connectivity index (χ3n) is 5.04. The molecule has 0 saturated carbocycles. The van der Waals surface area contributed by atoms with Gasteiger partial charge in [0.2, 0.25) is 0 Å². The van der Waals surface area contributed by atoms with E-state index in [1.165, 1.54) is 0 Å². The second-order valence-corrected chi connectivity index (χ2v) is 16.0. The Morgan fingerprint density at radius 1 is 1.07 bits per heavy atom. The Morgan fingerprint density at radius 3 is 2.14 bits per heavy atom. The van der Waals surface area contributed by atoms with Gasteiger partial charge in [-0.3, -0.25) is 0 Å². The van der Waals surface area contributed by atoms with Crippen LogP contribution in [0, 0.1) is 0 Å². The molecule has 0 aromatic heterocycles. The van der Waals surface area contributed by atoms with E-state index < -0.39 is 24.1 Å². The van der Waals surface area contributed by atoms with Crippen LogP contribution in [0.3, 0.4) is 0 Å². The van der Waals surface area contributed by atoms with Crippen molar-refractivity contribution in [2.45, 2.75) is 70.8 Å². The van der Waals surface area contributed by atoms with Gasteiger partial charge >= 0.3 is 0 Å². The van der Waals surface area contributed by atoms with Gasteiger partial charge in [-0.25, -0.2) is 4.21 Å². The number of methoxy groups -OCH3 is 2. The van der Waals surface area contributed by atoms with Crippen molar-refractivity contribution in [3.05, 3.63) is 23.8 Å². The highest BCUT2D eigenvalue weighted by molar-refractivity contribution is 7.85. The number of nitrogens with zero attached hydrogens (tertiary/aromatic N) is 1. The molecule has 0 aliphatic carbocycles. The third-order valence-corrected chi connectivity index (χ3v) is 11.0. The third kappa shape index (κ3) is 6.71. The molecule has 28 heavy (non-hydrogen) atoms. The molecule has 0 amide bonds. The molecule has 1 rings (SSSR count). The lowest BCUT2D eigenvalue weighted by Crippen LogP contribution is -2.41. The first kappa shape index (κ1) is 24.9. The van der Waals surface area contributed by atoms with E-state index >= 15 is 0 Å². The maximum atomic E-state index is 12.7. The summed E-state index contributed by atoms with van der Waals surface area (Å²) in [5.41, 5.74) is 1.55. The average molecular weight is 428 g/mol. The molecule has 7 heteroatoms. The van der Waals surface area contributed by atoms with Crippen molar-refractivity contribution in [3.8, 4) is 11.5 Å². The molecule has 0 saturated heterocycles. The van der Waals surface area contributed by atoms with Crippen molar-refractivity contribution in [2.24, 2.45) is 4.40 Å². The molecular weight excluding hydrogens is 390 g/mol. The molecule has 0 N–H and O–H groups in total. The van der Waals surface area contributed by atoms with Gasteiger partial charge in [0.25, 0.3) is 0 Å². The molecule has 1 atom stereocenters. The minimum atomic E-state index is -1.87. The SMILES string of the molecule is COc1ccc(C(CCO[Si](C)(C)C(C)(C)C)=NS(=O)C(C)(C)C)c(OC)c1. The zero-order valence-electron chi connectivity index (χ0n) is 19.1. The Hall–Kier alpha value is -1.18. The Kier molecular flexibility index (Phi) is 8.47. The molecule has 0 aliphatic rings. The molecule has 1 aromatic rings. The van der Waals surface area contributed by atoms with Gasteiger partial charge in [-0.2, -0.15) is 4.40 Å². The van der Waals surface area contributed by atoms with Crippen LogP contribution in [0.1, 0.15) is 53.5 Å². The molecule has 0 bridgehead atoms. The first-order chi connectivity index (χ1) is 12.7. The second kappa shape index (κ2) is 9.54. The monoisotopic (exact) mass is 427 g/mol. The topological polar surface area (TPSA) is 57.1 Å². The second-order valence-electron chi connectivity index (χ2n) is 9.32. The van der Waals surface area contributed by atoms with Gasteiger partial charge in [-0.1, -0.05) is 20.8 Å². The quantitative estimate of drug-likeness (QED) is 0.413. The minimum absolute atomic E-state index is 0.135. The van der Waals surface area contributed by atoms with Crippen LogP contribution in [0.25, 0.3) is 0 Å². The molecule has 0 spiro atoms. The summed E-state index contributed by atoms with van der Waals surface area (Å²) in [5.74, 6) is 1.35. The highest BCUT2D eigenvalue weighted by Gasteiger charge is 2.37. The molecule has 5 nitrogen and oxygen atoms in total. The summed E-state index contributed by atoms with van der Waals surface area (Å²) in [7, 11) is -0.00800. The van der Waals surface area contributed by atoms with Crippen LogP contribution >= 0.6 is 0 Å². The van der Waals surface area contributed by atoms with E-state index in [4.69, 9.17) is 13.9 Å². The van der Waals surface area contributed by atoms with Crippen molar-refractivity contribution >= 4 is 25.0 Å². The van der Waals surface area contributed by atoms with Gasteiger partial charge in [-0.15, -0.1) is 0 Å². The molecule has 160 valence electrons. The van der Waals surface area contributed by atoms with Crippen molar-refractivity contribution in [2.75, 3.05) is 20.8 Å². The van der Waals surface area contributed by atoms with Gasteiger partial charge in [-0.05, 0) is 51.0 Å². The largest absolute Gasteiger partial charge is 0.497 e. The fraction of sp³-hybridized carbons (Fsp3) is 0.667. The number of ether oxygens (including phenoxy) is 2. The predicted molar refractivity (Wildman–Crippen MR) is 122 cm³/mol. The molecule has 0 aliphatic heterocycles. The molecule has 0 heterocycles. The van der Waals surface area contributed by atoms with Crippen molar-refractivity contribution < 1.29 is 18.1 Å². The van der Waals surface area contributed by atoms with E-state index in [1.807, 2.05) is 39.0 Å². The van der Waals surface area contributed by atoms with Crippen LogP contribution in [-0.2, 0) is 15.4 Å². The summed E-state index contributed by atoms with van der Waals surface area (Å²) in [5, 5.41) is 0.135. The van der Waals surface area contributed by atoms with Gasteiger partial charge < -0.3 is 13.9 Å². The van der Waals surface area contributed by atoms with Crippen LogP contribution in [-0.4, -0.2) is 43.8 Å². The Morgan fingerprint density at radius 2 is 1.68 bits per heavy atom. The molecule has 0 radical (unpaired) electrons. The molecule has 1 aromatic carbocycles. The van der Waals surface area contributed by atoms with E-state index in [2.05, 4.69) is 38.3 Å². The normalized spacial score (nSPS) is 14.7. The number of hydrogen-bond donors (Lipinski definition) is 0. The van der Waals surface area contributed by atoms with Crippen LogP contribution in [0.15, 0.2) is 22.6 Å². The lowest BCUT2D eigenvalue weighted by Gasteiger charge is -2.36. The summed E-state index contributed by atoms with van der Waals surface area (Å²) in [6, 6.07) is 5.59. The highest BCUT2D eigenvalue weighted by Crippen LogP contribution is 2.36. The van der Waals surface area contributed by atoms with E-state index in [9.17, 15) is 4.21 Å². The number of benzene rings is 1. The van der Waals surface area contributed by atoms with Crippen molar-refractivity contribution in [3.63, 3.8) is 0 Å². The summed E-state index contributed by atoms with van der Waals surface area (Å²) >= 11 is 0. The van der Waals surface area contributed by atoms with Crippen LogP contribution in [0.5, 0.6) is 11.5 Å². The van der Waals surface area contributed by atoms with Crippen molar-refractivity contribution in [1.82, 2.24) is 0 Å². The Bertz CT molecular complexity index is 718. The standard InChI is InChI=1S/C21H37NO4SSi/c1-20(2,3)27(23)22-18(13-14-26-28(9,10)21(4,5)6)17-12-11-16(24-7)15-19(17)25-8/h11-12,15H,13-14H2,1-10H3. The van der Waals surface area contributed by atoms with E-state index in [0.29, 0.717) is 24.5 Å². The fourth-order valence-electron chi connectivity index (χ4n) is 2.12. The van der Waals surface area contributed by atoms with Crippen LogP contribution in [0.2, 0.25) is 18.1 Å². The summed E-state index contributed by atoms with van der Waals surface area (Å²) in [6.07, 6.45) is 0.566. The summed E-state index contributed by atoms with van der Waals surface area (Å²) in [6.45, 7) is 17.4. The van der Waals surface area contributed by atoms with Gasteiger partial charge in [0.05, 0.1) is 24.7 Å². The maximum absolute atomic E-state index is 12.7. The average Bonchev–Trinajstić information content (AvgIpc) is 2.58. The summed E-state index contributed by atoms with van der Waals surface area (Å²) in [4.78, 5) is 0. The zero-order valence-corrected chi connectivity index (χ0v) is 21.0. The zero-order chi connectivity index (χ0) is 21.8. The van der Waals surface area contributed by atoms with Gasteiger partial charge in [0.15, 0.2) is 8.32 Å². The first-order valence-electron chi connectivity index (χ1n) is 9.59. The van der Waals surface area contributed by atoms with Crippen LogP contribution < -0.4 is 9.47 Å². The van der Waals surface area contributed by atoms with Crippen LogP contribution in [0.4, 0.5) is 0 Å². The number of rotatable bonds is 8. The highest BCUT2D eigenvalue weighted by atomic mass is 32.2. The smallest absolute Gasteiger partial charge is 0.191 e. The van der Waals surface area contributed by atoms with Gasteiger partial charge in [0, 0.05) is 24.7 Å². The Labute approximate surface area is 174 Å². The summed E-state index contributed by atoms with van der Waals surface area (Å²) < 4.78 is 34.0. The molecular formula is C21H37NO4SSi. The minimum Gasteiger partial charge on any atom is -0.497 e. The van der Waals surface area contributed by atoms with E-state index in [1.54, 1.807) is 14.2 Å². The van der Waals surface area contributed by atoms with E-state index in [-0.39, 0.29) is 5.04 Å².